The Morgan fingerprint density at radius 2 is 1.65 bits per heavy atom. The van der Waals surface area contributed by atoms with Gasteiger partial charge in [-0.05, 0) is 76.8 Å². The van der Waals surface area contributed by atoms with Gasteiger partial charge in [0.25, 0.3) is 5.91 Å². The summed E-state index contributed by atoms with van der Waals surface area (Å²) in [5.41, 5.74) is 3.48. The minimum Gasteiger partial charge on any atom is -0.507 e. The Kier molecular flexibility index (Phi) is 10.4. The van der Waals surface area contributed by atoms with Crippen molar-refractivity contribution in [1.29, 1.82) is 0 Å². The van der Waals surface area contributed by atoms with Gasteiger partial charge < -0.3 is 29.9 Å². The number of fused-ring (bicyclic) bond motifs is 1. The third-order valence-electron chi connectivity index (χ3n) is 10.3. The molecule has 0 spiro atoms. The molecule has 12 heteroatoms. The number of hydrogen-bond acceptors (Lipinski definition) is 6. The molecule has 3 heterocycles. The molecule has 6 rings (SSSR count). The van der Waals surface area contributed by atoms with Gasteiger partial charge in [0, 0.05) is 70.0 Å². The van der Waals surface area contributed by atoms with Crippen LogP contribution in [0.5, 0.6) is 5.75 Å². The number of aromatic hydroxyl groups is 1. The molecule has 246 valence electrons. The fraction of sp³-hybridized carbons (Fsp3) is 0.559. The number of piperazine rings is 1. The average Bonchev–Trinajstić information content (AvgIpc) is 3.25. The van der Waals surface area contributed by atoms with Crippen molar-refractivity contribution in [2.24, 2.45) is 0 Å². The summed E-state index contributed by atoms with van der Waals surface area (Å²) in [6.07, 6.45) is 7.15. The molecule has 2 saturated heterocycles. The van der Waals surface area contributed by atoms with E-state index in [0.717, 1.165) is 36.3 Å². The predicted octanol–water partition coefficient (Wildman–Crippen LogP) is 3.49. The predicted molar refractivity (Wildman–Crippen MR) is 183 cm³/mol. The molecule has 46 heavy (non-hydrogen) atoms. The lowest BCUT2D eigenvalue weighted by Crippen LogP contribution is -2.55. The van der Waals surface area contributed by atoms with E-state index < -0.39 is 12.2 Å². The highest BCUT2D eigenvalue weighted by atomic mass is 79.9. The minimum absolute atomic E-state index is 0.0218. The zero-order chi connectivity index (χ0) is 32.2. The van der Waals surface area contributed by atoms with E-state index in [2.05, 4.69) is 26.1 Å². The normalized spacial score (nSPS) is 20.9. The maximum atomic E-state index is 14.0. The third-order valence-corrected chi connectivity index (χ3v) is 10.9. The van der Waals surface area contributed by atoms with Crippen molar-refractivity contribution in [3.8, 4) is 5.75 Å². The molecule has 2 aromatic carbocycles. The van der Waals surface area contributed by atoms with E-state index in [9.17, 15) is 19.5 Å². The standard InChI is InChI=1S/C34H45BBrN5O5/c35-27-20-23(21-28(36)31(27)42)22-30(32(43)39-18-16-38(17-19-39)25-7-2-1-3-8-25)46-34(45)40-13-11-26(12-14-40)41-15-10-24-6-4-5-9-29(24)37-33(41)44/h4-6,9,20-21,25-26,30,42H,1-3,7-8,10-19,22,35H2,(H,37,44)/t30-/m1/s1. The fourth-order valence-corrected chi connectivity index (χ4v) is 8.18. The lowest BCUT2D eigenvalue weighted by molar-refractivity contribution is -0.143. The number of phenols is 1. The Balaban J connectivity index is 1.09. The number of ether oxygens (including phenoxy) is 1. The number of piperidine rings is 1. The first-order valence-corrected chi connectivity index (χ1v) is 17.7. The SMILES string of the molecule is Bc1cc(C[C@@H](OC(=O)N2CCC(N3CCc4ccccc4NC3=O)CC2)C(=O)N2CCN(C3CCCCC3)CC2)cc(Br)c1O. The molecule has 1 aliphatic carbocycles. The molecule has 1 atom stereocenters. The number of nitrogens with zero attached hydrogens (tertiary/aromatic N) is 4. The summed E-state index contributed by atoms with van der Waals surface area (Å²) >= 11 is 3.41. The molecule has 1 saturated carbocycles. The number of para-hydroxylation sites is 1. The first-order chi connectivity index (χ1) is 22.3. The van der Waals surface area contributed by atoms with Gasteiger partial charge in [-0.3, -0.25) is 9.69 Å². The number of nitrogens with one attached hydrogen (secondary N) is 1. The second-order valence-electron chi connectivity index (χ2n) is 13.2. The lowest BCUT2D eigenvalue weighted by Gasteiger charge is -2.41. The van der Waals surface area contributed by atoms with Crippen LogP contribution < -0.4 is 10.8 Å². The van der Waals surface area contributed by atoms with Crippen LogP contribution in [0, 0.1) is 0 Å². The van der Waals surface area contributed by atoms with E-state index in [1.54, 1.807) is 11.0 Å². The Morgan fingerprint density at radius 3 is 2.37 bits per heavy atom. The number of rotatable bonds is 6. The van der Waals surface area contributed by atoms with Gasteiger partial charge >= 0.3 is 12.1 Å². The average molecular weight is 694 g/mol. The smallest absolute Gasteiger partial charge is 0.410 e. The topological polar surface area (TPSA) is 106 Å². The lowest BCUT2D eigenvalue weighted by atomic mass is 9.91. The van der Waals surface area contributed by atoms with E-state index in [-0.39, 0.29) is 30.2 Å². The van der Waals surface area contributed by atoms with Crippen LogP contribution >= 0.6 is 15.9 Å². The number of anilines is 1. The molecule has 0 aromatic heterocycles. The van der Waals surface area contributed by atoms with E-state index >= 15 is 0 Å². The highest BCUT2D eigenvalue weighted by Crippen LogP contribution is 2.27. The van der Waals surface area contributed by atoms with Crippen molar-refractivity contribution in [2.75, 3.05) is 51.1 Å². The molecule has 10 nitrogen and oxygen atoms in total. The van der Waals surface area contributed by atoms with Gasteiger partial charge in [-0.25, -0.2) is 9.59 Å². The molecule has 4 aliphatic rings. The highest BCUT2D eigenvalue weighted by Gasteiger charge is 2.36. The van der Waals surface area contributed by atoms with Crippen LogP contribution in [0.25, 0.3) is 0 Å². The molecule has 2 aromatic rings. The van der Waals surface area contributed by atoms with Crippen LogP contribution in [0.3, 0.4) is 0 Å². The van der Waals surface area contributed by atoms with Crippen LogP contribution in [0.4, 0.5) is 15.3 Å². The van der Waals surface area contributed by atoms with Gasteiger partial charge in [0.05, 0.1) is 4.47 Å². The van der Waals surface area contributed by atoms with Gasteiger partial charge in [-0.15, -0.1) is 0 Å². The maximum Gasteiger partial charge on any atom is 0.410 e. The molecule has 2 N–H and O–H groups in total. The van der Waals surface area contributed by atoms with E-state index in [4.69, 9.17) is 4.74 Å². The summed E-state index contributed by atoms with van der Waals surface area (Å²) in [6, 6.07) is 12.0. The first-order valence-electron chi connectivity index (χ1n) is 16.9. The largest absolute Gasteiger partial charge is 0.507 e. The van der Waals surface area contributed by atoms with Crippen molar-refractivity contribution < 1.29 is 24.2 Å². The molecular formula is C34H45BBrN5O5. The molecule has 3 fully saturated rings. The van der Waals surface area contributed by atoms with E-state index in [0.29, 0.717) is 61.5 Å². The van der Waals surface area contributed by atoms with Crippen molar-refractivity contribution in [2.45, 2.75) is 76.0 Å². The highest BCUT2D eigenvalue weighted by molar-refractivity contribution is 9.10. The Labute approximate surface area is 280 Å². The second kappa shape index (κ2) is 14.7. The van der Waals surface area contributed by atoms with Gasteiger partial charge in [-0.1, -0.05) is 43.5 Å². The monoisotopic (exact) mass is 693 g/mol. The first kappa shape index (κ1) is 32.7. The molecule has 0 bridgehead atoms. The Hall–Kier alpha value is -3.25. The molecule has 0 radical (unpaired) electrons. The van der Waals surface area contributed by atoms with E-state index in [1.165, 1.54) is 32.1 Å². The molecule has 4 amide bonds. The van der Waals surface area contributed by atoms with Crippen molar-refractivity contribution in [3.05, 3.63) is 52.0 Å². The quantitative estimate of drug-likeness (QED) is 0.449. The van der Waals surface area contributed by atoms with E-state index in [1.807, 2.05) is 48.0 Å². The molecular weight excluding hydrogens is 649 g/mol. The number of carbonyl (C=O) groups is 3. The number of hydrogen-bond donors (Lipinski definition) is 2. The number of benzene rings is 2. The van der Waals surface area contributed by atoms with Crippen LogP contribution in [-0.4, -0.2) is 115 Å². The third kappa shape index (κ3) is 7.49. The Morgan fingerprint density at radius 1 is 0.935 bits per heavy atom. The van der Waals surface area contributed by atoms with Crippen LogP contribution in [0.15, 0.2) is 40.9 Å². The second-order valence-corrected chi connectivity index (χ2v) is 14.1. The number of amides is 4. The number of carbonyl (C=O) groups excluding carboxylic acids is 3. The minimum atomic E-state index is -0.975. The van der Waals surface area contributed by atoms with Crippen molar-refractivity contribution in [3.63, 3.8) is 0 Å². The summed E-state index contributed by atoms with van der Waals surface area (Å²) in [5.74, 6) is -0.0125. The maximum absolute atomic E-state index is 14.0. The summed E-state index contributed by atoms with van der Waals surface area (Å²) < 4.78 is 6.58. The zero-order valence-corrected chi connectivity index (χ0v) is 28.3. The van der Waals surface area contributed by atoms with Crippen molar-refractivity contribution in [1.82, 2.24) is 19.6 Å². The molecule has 3 aliphatic heterocycles. The van der Waals surface area contributed by atoms with Gasteiger partial charge in [0.2, 0.25) is 0 Å². The summed E-state index contributed by atoms with van der Waals surface area (Å²) in [6.45, 7) is 4.44. The van der Waals surface area contributed by atoms with Crippen LogP contribution in [0.1, 0.15) is 56.1 Å². The van der Waals surface area contributed by atoms with Gasteiger partial charge in [0.15, 0.2) is 6.10 Å². The van der Waals surface area contributed by atoms with Crippen molar-refractivity contribution >= 4 is 53.0 Å². The van der Waals surface area contributed by atoms with Gasteiger partial charge in [0.1, 0.15) is 13.6 Å². The number of likely N-dealkylation sites (tertiary alicyclic amines) is 1. The van der Waals surface area contributed by atoms with Crippen LogP contribution in [0.2, 0.25) is 0 Å². The van der Waals surface area contributed by atoms with Crippen LogP contribution in [-0.2, 0) is 22.4 Å². The number of halogens is 1. The summed E-state index contributed by atoms with van der Waals surface area (Å²) in [4.78, 5) is 48.5. The van der Waals surface area contributed by atoms with Gasteiger partial charge in [-0.2, -0.15) is 0 Å². The number of phenolic OH excluding ortho intramolecular Hbond substituents is 1. The fourth-order valence-electron chi connectivity index (χ4n) is 7.57. The summed E-state index contributed by atoms with van der Waals surface area (Å²) in [7, 11) is 1.81. The Bertz CT molecular complexity index is 1400. The summed E-state index contributed by atoms with van der Waals surface area (Å²) in [5, 5.41) is 13.3. The zero-order valence-electron chi connectivity index (χ0n) is 26.8. The number of urea groups is 1. The molecule has 0 unspecified atom stereocenters.